The van der Waals surface area contributed by atoms with Crippen molar-refractivity contribution in [1.29, 1.82) is 0 Å². The molecule has 1 aliphatic heterocycles. The van der Waals surface area contributed by atoms with Crippen LogP contribution in [0.3, 0.4) is 0 Å². The molecule has 0 saturated carbocycles. The van der Waals surface area contributed by atoms with Gasteiger partial charge in [0.15, 0.2) is 0 Å². The van der Waals surface area contributed by atoms with Gasteiger partial charge in [0.25, 0.3) is 0 Å². The molecule has 2 heterocycles. The molecular formula is C21H25N5O2. The zero-order valence-corrected chi connectivity index (χ0v) is 16.0. The molecule has 146 valence electrons. The largest absolute Gasteiger partial charge is 0.371 e. The molecule has 0 atom stereocenters. The number of rotatable bonds is 4. The first-order valence-corrected chi connectivity index (χ1v) is 9.70. The van der Waals surface area contributed by atoms with Gasteiger partial charge in [-0.15, -0.1) is 0 Å². The maximum absolute atomic E-state index is 12.5. The van der Waals surface area contributed by atoms with Crippen molar-refractivity contribution in [1.82, 2.24) is 15.3 Å². The summed E-state index contributed by atoms with van der Waals surface area (Å²) in [4.78, 5) is 31.8. The zero-order valence-electron chi connectivity index (χ0n) is 16.0. The van der Waals surface area contributed by atoms with Gasteiger partial charge in [0.05, 0.1) is 16.7 Å². The van der Waals surface area contributed by atoms with Crippen molar-refractivity contribution in [2.45, 2.75) is 32.7 Å². The van der Waals surface area contributed by atoms with E-state index in [1.54, 1.807) is 18.2 Å². The molecule has 0 radical (unpaired) electrons. The van der Waals surface area contributed by atoms with Crippen LogP contribution in [-0.2, 0) is 6.54 Å². The third kappa shape index (κ3) is 3.88. The summed E-state index contributed by atoms with van der Waals surface area (Å²) in [5.74, 6) is 0. The molecule has 2 aromatic carbocycles. The number of urea groups is 1. The fourth-order valence-corrected chi connectivity index (χ4v) is 3.76. The Balaban J connectivity index is 1.47. The van der Waals surface area contributed by atoms with Crippen LogP contribution in [0.15, 0.2) is 41.2 Å². The molecule has 1 saturated heterocycles. The molecule has 0 bridgehead atoms. The highest BCUT2D eigenvalue weighted by molar-refractivity contribution is 5.98. The standard InChI is InChI=1S/C21H25N5O2/c1-14-8-9-15(18(12-14)26-10-3-2-4-11-26)13-22-20(27)23-16-6-5-7-17-19(16)25-21(28)24-17/h5-9,12H,2-4,10-11,13H2,1H3,(H2,22,23,27)(H2,24,25,28). The van der Waals surface area contributed by atoms with Gasteiger partial charge in [-0.05, 0) is 55.5 Å². The molecule has 0 spiro atoms. The van der Waals surface area contributed by atoms with Gasteiger partial charge in [0, 0.05) is 25.3 Å². The van der Waals surface area contributed by atoms with Gasteiger partial charge in [-0.1, -0.05) is 18.2 Å². The van der Waals surface area contributed by atoms with E-state index in [4.69, 9.17) is 0 Å². The molecule has 3 aromatic rings. The zero-order chi connectivity index (χ0) is 19.5. The Morgan fingerprint density at radius 2 is 1.93 bits per heavy atom. The number of fused-ring (bicyclic) bond motifs is 1. The third-order valence-corrected chi connectivity index (χ3v) is 5.18. The molecule has 28 heavy (non-hydrogen) atoms. The summed E-state index contributed by atoms with van der Waals surface area (Å²) in [6, 6.07) is 11.4. The minimum Gasteiger partial charge on any atom is -0.371 e. The van der Waals surface area contributed by atoms with Crippen molar-refractivity contribution in [3.8, 4) is 0 Å². The van der Waals surface area contributed by atoms with Crippen LogP contribution >= 0.6 is 0 Å². The number of nitrogens with zero attached hydrogens (tertiary/aromatic N) is 1. The monoisotopic (exact) mass is 379 g/mol. The number of aromatic nitrogens is 2. The molecule has 7 nitrogen and oxygen atoms in total. The van der Waals surface area contributed by atoms with Crippen molar-refractivity contribution in [2.75, 3.05) is 23.3 Å². The van der Waals surface area contributed by atoms with E-state index in [-0.39, 0.29) is 11.7 Å². The molecule has 1 aromatic heterocycles. The summed E-state index contributed by atoms with van der Waals surface area (Å²) < 4.78 is 0. The van der Waals surface area contributed by atoms with Gasteiger partial charge in [-0.3, -0.25) is 0 Å². The molecule has 0 aliphatic carbocycles. The lowest BCUT2D eigenvalue weighted by Crippen LogP contribution is -2.32. The molecule has 4 N–H and O–H groups in total. The molecule has 1 aliphatic rings. The van der Waals surface area contributed by atoms with E-state index < -0.39 is 0 Å². The van der Waals surface area contributed by atoms with E-state index in [0.717, 1.165) is 18.7 Å². The summed E-state index contributed by atoms with van der Waals surface area (Å²) >= 11 is 0. The second kappa shape index (κ2) is 7.80. The van der Waals surface area contributed by atoms with E-state index in [2.05, 4.69) is 50.6 Å². The minimum atomic E-state index is -0.306. The van der Waals surface area contributed by atoms with Gasteiger partial charge in [0.2, 0.25) is 0 Å². The molecule has 1 fully saturated rings. The lowest BCUT2D eigenvalue weighted by atomic mass is 10.0. The highest BCUT2D eigenvalue weighted by atomic mass is 16.2. The maximum atomic E-state index is 12.5. The fraction of sp³-hybridized carbons (Fsp3) is 0.333. The number of hydrogen-bond donors (Lipinski definition) is 4. The van der Waals surface area contributed by atoms with Crippen LogP contribution in [0.25, 0.3) is 11.0 Å². The summed E-state index contributed by atoms with van der Waals surface area (Å²) in [6.45, 7) is 4.66. The van der Waals surface area contributed by atoms with E-state index in [1.807, 2.05) is 0 Å². The molecule has 2 amide bonds. The number of carbonyl (C=O) groups is 1. The lowest BCUT2D eigenvalue weighted by molar-refractivity contribution is 0.252. The number of nitrogens with one attached hydrogen (secondary N) is 4. The number of benzene rings is 2. The molecule has 4 rings (SSSR count). The van der Waals surface area contributed by atoms with Crippen molar-refractivity contribution in [2.24, 2.45) is 0 Å². The van der Waals surface area contributed by atoms with Crippen LogP contribution in [0.2, 0.25) is 0 Å². The van der Waals surface area contributed by atoms with E-state index in [9.17, 15) is 9.59 Å². The Morgan fingerprint density at radius 1 is 1.11 bits per heavy atom. The van der Waals surface area contributed by atoms with E-state index in [0.29, 0.717) is 23.3 Å². The second-order valence-electron chi connectivity index (χ2n) is 7.29. The highest BCUT2D eigenvalue weighted by Gasteiger charge is 2.15. The number of aromatic amines is 2. The average Bonchev–Trinajstić information content (AvgIpc) is 3.09. The number of para-hydroxylation sites is 1. The van der Waals surface area contributed by atoms with Gasteiger partial charge in [0.1, 0.15) is 0 Å². The third-order valence-electron chi connectivity index (χ3n) is 5.18. The second-order valence-corrected chi connectivity index (χ2v) is 7.29. The molecular weight excluding hydrogens is 354 g/mol. The number of piperidine rings is 1. The van der Waals surface area contributed by atoms with Crippen LogP contribution < -0.4 is 21.2 Å². The average molecular weight is 379 g/mol. The van der Waals surface area contributed by atoms with Crippen molar-refractivity contribution in [3.05, 3.63) is 58.0 Å². The number of amides is 2. The van der Waals surface area contributed by atoms with Crippen LogP contribution in [-0.4, -0.2) is 29.1 Å². The number of imidazole rings is 1. The summed E-state index contributed by atoms with van der Waals surface area (Å²) in [5, 5.41) is 5.76. The first kappa shape index (κ1) is 18.2. The van der Waals surface area contributed by atoms with Crippen LogP contribution in [0, 0.1) is 6.92 Å². The van der Waals surface area contributed by atoms with Gasteiger partial charge in [-0.2, -0.15) is 0 Å². The summed E-state index contributed by atoms with van der Waals surface area (Å²) in [6.07, 6.45) is 3.70. The van der Waals surface area contributed by atoms with Gasteiger partial charge in [-0.25, -0.2) is 9.59 Å². The number of hydrogen-bond acceptors (Lipinski definition) is 3. The van der Waals surface area contributed by atoms with Crippen LogP contribution in [0.4, 0.5) is 16.2 Å². The number of carbonyl (C=O) groups excluding carboxylic acids is 1. The van der Waals surface area contributed by atoms with E-state index in [1.165, 1.54) is 30.5 Å². The normalized spacial score (nSPS) is 14.2. The first-order chi connectivity index (χ1) is 13.6. The van der Waals surface area contributed by atoms with Gasteiger partial charge < -0.3 is 25.5 Å². The summed E-state index contributed by atoms with van der Waals surface area (Å²) in [7, 11) is 0. The Hall–Kier alpha value is -3.22. The Labute approximate surface area is 163 Å². The predicted octanol–water partition coefficient (Wildman–Crippen LogP) is 3.48. The Morgan fingerprint density at radius 3 is 2.75 bits per heavy atom. The Kier molecular flexibility index (Phi) is 5.06. The smallest absolute Gasteiger partial charge is 0.323 e. The van der Waals surface area contributed by atoms with E-state index >= 15 is 0 Å². The molecule has 7 heteroatoms. The van der Waals surface area contributed by atoms with Crippen LogP contribution in [0.1, 0.15) is 30.4 Å². The highest BCUT2D eigenvalue weighted by Crippen LogP contribution is 2.26. The number of anilines is 2. The SMILES string of the molecule is Cc1ccc(CNC(=O)Nc2cccc3[nH]c(=O)[nH]c23)c(N2CCCCC2)c1. The lowest BCUT2D eigenvalue weighted by Gasteiger charge is -2.31. The first-order valence-electron chi connectivity index (χ1n) is 9.70. The Bertz CT molecular complexity index is 1050. The minimum absolute atomic E-state index is 0.296. The van der Waals surface area contributed by atoms with Crippen molar-refractivity contribution in [3.63, 3.8) is 0 Å². The van der Waals surface area contributed by atoms with Gasteiger partial charge >= 0.3 is 11.7 Å². The van der Waals surface area contributed by atoms with Crippen molar-refractivity contribution < 1.29 is 4.79 Å². The van der Waals surface area contributed by atoms with Crippen molar-refractivity contribution >= 4 is 28.4 Å². The predicted molar refractivity (Wildman–Crippen MR) is 112 cm³/mol. The fourth-order valence-electron chi connectivity index (χ4n) is 3.76. The maximum Gasteiger partial charge on any atom is 0.323 e. The quantitative estimate of drug-likeness (QED) is 0.559. The number of aryl methyl sites for hydroxylation is 1. The van der Waals surface area contributed by atoms with Crippen LogP contribution in [0.5, 0.6) is 0 Å². The summed E-state index contributed by atoms with van der Waals surface area (Å²) in [5.41, 5.74) is 5.05. The number of H-pyrrole nitrogens is 2. The molecule has 0 unspecified atom stereocenters. The topological polar surface area (TPSA) is 93.0 Å².